The van der Waals surface area contributed by atoms with Crippen LogP contribution in [0.4, 0.5) is 0 Å². The van der Waals surface area contributed by atoms with Crippen molar-refractivity contribution in [3.63, 3.8) is 0 Å². The summed E-state index contributed by atoms with van der Waals surface area (Å²) in [7, 11) is -0.0131. The first-order valence-corrected chi connectivity index (χ1v) is 16.8. The Morgan fingerprint density at radius 1 is 0.405 bits per heavy atom. The molecule has 2 aliphatic rings. The van der Waals surface area contributed by atoms with Gasteiger partial charge in [0, 0.05) is 11.3 Å². The summed E-state index contributed by atoms with van der Waals surface area (Å²) in [6.07, 6.45) is 11.1. The van der Waals surface area contributed by atoms with Gasteiger partial charge in [-0.05, 0) is 59.7 Å². The van der Waals surface area contributed by atoms with Crippen LogP contribution in [0.1, 0.15) is 68.4 Å². The molecule has 192 valence electrons. The van der Waals surface area contributed by atoms with Crippen LogP contribution in [0.2, 0.25) is 0 Å². The van der Waals surface area contributed by atoms with Crippen LogP contribution in [0.25, 0.3) is 0 Å². The highest BCUT2D eigenvalue weighted by Crippen LogP contribution is 2.57. The Bertz CT molecular complexity index is 955. The molecule has 4 atom stereocenters. The van der Waals surface area contributed by atoms with Gasteiger partial charge >= 0.3 is 0 Å². The van der Waals surface area contributed by atoms with Crippen LogP contribution in [-0.4, -0.2) is 12.3 Å². The maximum absolute atomic E-state index is 2.33. The van der Waals surface area contributed by atoms with Crippen LogP contribution >= 0.6 is 15.8 Å². The van der Waals surface area contributed by atoms with Gasteiger partial charge in [-0.2, -0.15) is 0 Å². The lowest BCUT2D eigenvalue weighted by atomic mass is 10.1. The highest BCUT2D eigenvalue weighted by Gasteiger charge is 2.28. The molecule has 2 heterocycles. The second kappa shape index (κ2) is 14.6. The zero-order valence-corrected chi connectivity index (χ0v) is 23.0. The standard InChI is InChI=1S/2C17H19P.CH4/c2*1-3-9-15(10-4-1)17-13-7-8-14-18(17)16-11-5-2-6-12-16;/h2*1-6,9-12,17H,7-8,13-14H2;1H4. The average molecular weight is 525 g/mol. The maximum Gasteiger partial charge on any atom is 0.00819 e. The fourth-order valence-corrected chi connectivity index (χ4v) is 11.9. The molecule has 0 radical (unpaired) electrons. The molecule has 6 rings (SSSR count). The molecule has 0 saturated carbocycles. The molecule has 0 amide bonds. The number of benzene rings is 4. The number of hydrogen-bond acceptors (Lipinski definition) is 0. The topological polar surface area (TPSA) is 0 Å². The van der Waals surface area contributed by atoms with Gasteiger partial charge in [-0.25, -0.2) is 0 Å². The first-order chi connectivity index (χ1) is 17.9. The van der Waals surface area contributed by atoms with Crippen molar-refractivity contribution < 1.29 is 0 Å². The van der Waals surface area contributed by atoms with Crippen molar-refractivity contribution >= 4 is 26.5 Å². The Morgan fingerprint density at radius 3 is 1.08 bits per heavy atom. The third kappa shape index (κ3) is 7.41. The van der Waals surface area contributed by atoms with Gasteiger partial charge in [-0.1, -0.05) is 157 Å². The molecular formula is C35H42P2. The number of rotatable bonds is 4. The van der Waals surface area contributed by atoms with E-state index in [1.165, 1.54) is 50.8 Å². The van der Waals surface area contributed by atoms with Crippen molar-refractivity contribution in [1.82, 2.24) is 0 Å². The zero-order chi connectivity index (χ0) is 24.4. The lowest BCUT2D eigenvalue weighted by Crippen LogP contribution is -2.14. The molecule has 2 aliphatic heterocycles. The summed E-state index contributed by atoms with van der Waals surface area (Å²) in [6.45, 7) is 0. The van der Waals surface area contributed by atoms with E-state index in [1.807, 2.05) is 0 Å². The molecule has 2 fully saturated rings. The van der Waals surface area contributed by atoms with Gasteiger partial charge in [0.25, 0.3) is 0 Å². The SMILES string of the molecule is C.c1ccc(C2CCCCP2c2ccccc2)cc1.c1ccc(C2CCCCP2c2ccccc2)cc1. The van der Waals surface area contributed by atoms with E-state index in [2.05, 4.69) is 121 Å². The predicted octanol–water partition coefficient (Wildman–Crippen LogP) is 10.1. The molecule has 2 heteroatoms. The summed E-state index contributed by atoms with van der Waals surface area (Å²) in [5, 5.41) is 3.17. The van der Waals surface area contributed by atoms with Gasteiger partial charge in [-0.15, -0.1) is 0 Å². The largest absolute Gasteiger partial charge is 0.0776 e. The minimum absolute atomic E-state index is 0. The maximum atomic E-state index is 2.33. The van der Waals surface area contributed by atoms with Gasteiger partial charge < -0.3 is 0 Å². The Kier molecular flexibility index (Phi) is 11.0. The summed E-state index contributed by atoms with van der Waals surface area (Å²) >= 11 is 0. The van der Waals surface area contributed by atoms with Crippen LogP contribution in [0, 0.1) is 0 Å². The highest BCUT2D eigenvalue weighted by molar-refractivity contribution is 7.66. The Balaban J connectivity index is 0.000000168. The normalized spacial score (nSPS) is 23.1. The van der Waals surface area contributed by atoms with Crippen molar-refractivity contribution in [3.05, 3.63) is 132 Å². The molecule has 2 saturated heterocycles. The lowest BCUT2D eigenvalue weighted by Gasteiger charge is -2.32. The highest BCUT2D eigenvalue weighted by atomic mass is 31.1. The van der Waals surface area contributed by atoms with E-state index in [0.29, 0.717) is 0 Å². The second-order valence-electron chi connectivity index (χ2n) is 9.90. The van der Waals surface area contributed by atoms with E-state index in [-0.39, 0.29) is 23.3 Å². The fraction of sp³-hybridized carbons (Fsp3) is 0.314. The van der Waals surface area contributed by atoms with E-state index in [0.717, 1.165) is 11.3 Å². The van der Waals surface area contributed by atoms with Crippen molar-refractivity contribution in [1.29, 1.82) is 0 Å². The van der Waals surface area contributed by atoms with Crippen LogP contribution in [0.15, 0.2) is 121 Å². The van der Waals surface area contributed by atoms with Crippen LogP contribution in [-0.2, 0) is 0 Å². The van der Waals surface area contributed by atoms with E-state index in [1.54, 1.807) is 21.7 Å². The first kappa shape index (κ1) is 27.8. The molecule has 0 nitrogen and oxygen atoms in total. The van der Waals surface area contributed by atoms with Crippen LogP contribution in [0.3, 0.4) is 0 Å². The molecule has 4 aromatic carbocycles. The predicted molar refractivity (Wildman–Crippen MR) is 169 cm³/mol. The summed E-state index contributed by atoms with van der Waals surface area (Å²) in [5.41, 5.74) is 4.65. The van der Waals surface area contributed by atoms with Crippen molar-refractivity contribution in [3.8, 4) is 0 Å². The Labute approximate surface area is 228 Å². The molecule has 0 spiro atoms. The van der Waals surface area contributed by atoms with Crippen molar-refractivity contribution in [2.45, 2.75) is 57.3 Å². The van der Waals surface area contributed by atoms with Gasteiger partial charge in [0.05, 0.1) is 0 Å². The van der Waals surface area contributed by atoms with Crippen LogP contribution in [0.5, 0.6) is 0 Å². The number of hydrogen-bond donors (Lipinski definition) is 0. The smallest absolute Gasteiger partial charge is 0.00819 e. The molecule has 37 heavy (non-hydrogen) atoms. The average Bonchev–Trinajstić information content (AvgIpc) is 2.99. The third-order valence-corrected chi connectivity index (χ3v) is 13.7. The second-order valence-corrected chi connectivity index (χ2v) is 15.0. The van der Waals surface area contributed by atoms with E-state index in [9.17, 15) is 0 Å². The van der Waals surface area contributed by atoms with Crippen molar-refractivity contribution in [2.24, 2.45) is 0 Å². The minimum Gasteiger partial charge on any atom is -0.0776 e. The van der Waals surface area contributed by atoms with Crippen molar-refractivity contribution in [2.75, 3.05) is 12.3 Å². The molecule has 0 aliphatic carbocycles. The third-order valence-electron chi connectivity index (χ3n) is 7.55. The van der Waals surface area contributed by atoms with E-state index >= 15 is 0 Å². The van der Waals surface area contributed by atoms with E-state index in [4.69, 9.17) is 0 Å². The Hall–Kier alpha value is -2.26. The Morgan fingerprint density at radius 2 is 0.730 bits per heavy atom. The molecule has 4 unspecified atom stereocenters. The monoisotopic (exact) mass is 524 g/mol. The van der Waals surface area contributed by atoms with Gasteiger partial charge in [0.2, 0.25) is 0 Å². The van der Waals surface area contributed by atoms with Gasteiger partial charge in [0.1, 0.15) is 0 Å². The zero-order valence-electron chi connectivity index (χ0n) is 21.3. The molecular weight excluding hydrogens is 482 g/mol. The summed E-state index contributed by atoms with van der Waals surface area (Å²) in [5.74, 6) is 0. The molecule has 4 aromatic rings. The van der Waals surface area contributed by atoms with Crippen LogP contribution < -0.4 is 10.6 Å². The summed E-state index contributed by atoms with van der Waals surface area (Å²) < 4.78 is 0. The molecule has 0 N–H and O–H groups in total. The lowest BCUT2D eigenvalue weighted by molar-refractivity contribution is 0.675. The van der Waals surface area contributed by atoms with Gasteiger partial charge in [-0.3, -0.25) is 0 Å². The quantitative estimate of drug-likeness (QED) is 0.233. The summed E-state index contributed by atoms with van der Waals surface area (Å²) in [4.78, 5) is 0. The molecule has 0 bridgehead atoms. The van der Waals surface area contributed by atoms with E-state index < -0.39 is 0 Å². The molecule has 0 aromatic heterocycles. The first-order valence-electron chi connectivity index (χ1n) is 13.6. The van der Waals surface area contributed by atoms with Gasteiger partial charge in [0.15, 0.2) is 0 Å². The summed E-state index contributed by atoms with van der Waals surface area (Å²) in [6, 6.07) is 44.5. The fourth-order valence-electron chi connectivity index (χ4n) is 5.76. The minimum atomic E-state index is -0.00656.